The van der Waals surface area contributed by atoms with Crippen LogP contribution in [-0.4, -0.2) is 69.6 Å². The molecule has 1 fully saturated rings. The van der Waals surface area contributed by atoms with Crippen LogP contribution in [0.3, 0.4) is 0 Å². The normalized spacial score (nSPS) is 28.7. The van der Waals surface area contributed by atoms with Gasteiger partial charge in [0.2, 0.25) is 0 Å². The first-order chi connectivity index (χ1) is 5.97. The molecule has 0 aromatic rings. The van der Waals surface area contributed by atoms with Gasteiger partial charge in [0.15, 0.2) is 0 Å². The molecule has 0 saturated carbocycles. The molecule has 10 heteroatoms. The van der Waals surface area contributed by atoms with Crippen LogP contribution in [0.1, 0.15) is 0 Å². The molecule has 0 nitrogen and oxygen atoms in total. The van der Waals surface area contributed by atoms with Crippen molar-refractivity contribution in [3.63, 3.8) is 0 Å². The molecule has 2 rings (SSSR count). The first-order valence-corrected chi connectivity index (χ1v) is 4.33. The Labute approximate surface area is 81.4 Å². The molecule has 1 saturated heterocycles. The van der Waals surface area contributed by atoms with E-state index in [4.69, 9.17) is 0 Å². The molecule has 0 N–H and O–H groups in total. The van der Waals surface area contributed by atoms with E-state index in [0.717, 1.165) is 0 Å². The third-order valence-electron chi connectivity index (χ3n) is 2.08. The van der Waals surface area contributed by atoms with Gasteiger partial charge < -0.3 is 0 Å². The maximum absolute atomic E-state index is 2.33. The Bertz CT molecular complexity index is 176. The Morgan fingerprint density at radius 3 is 1.67 bits per heavy atom. The van der Waals surface area contributed by atoms with E-state index in [-0.39, 0.29) is 0 Å². The van der Waals surface area contributed by atoms with Gasteiger partial charge in [-0.25, -0.2) is 0 Å². The second-order valence-corrected chi connectivity index (χ2v) is 3.08. The van der Waals surface area contributed by atoms with E-state index in [2.05, 4.69) is 48.4 Å². The Morgan fingerprint density at radius 1 is 0.583 bits per heavy atom. The van der Waals surface area contributed by atoms with Crippen molar-refractivity contribution in [2.24, 2.45) is 0 Å². The summed E-state index contributed by atoms with van der Waals surface area (Å²) in [6, 6.07) is 0. The number of hydrogen-bond acceptors (Lipinski definition) is 0. The SMILES string of the molecule is [B]1[B][B]B=B[C@H]2[B][C@H]2B=B[B][B]1. The monoisotopic (exact) mass is 136 g/mol. The van der Waals surface area contributed by atoms with E-state index >= 15 is 0 Å². The van der Waals surface area contributed by atoms with Crippen LogP contribution >= 0.6 is 0 Å². The number of fused-ring (bicyclic) bond motifs is 1. The van der Waals surface area contributed by atoms with E-state index in [1.54, 1.807) is 0 Å². The van der Waals surface area contributed by atoms with Crippen molar-refractivity contribution in [1.82, 2.24) is 0 Å². The first kappa shape index (κ1) is 9.21. The van der Waals surface area contributed by atoms with Crippen molar-refractivity contribution in [1.29, 1.82) is 0 Å². The number of hydrogen-bond donors (Lipinski definition) is 0. The fourth-order valence-corrected chi connectivity index (χ4v) is 1.28. The summed E-state index contributed by atoms with van der Waals surface area (Å²) in [7, 11) is 12.6. The number of rotatable bonds is 0. The van der Waals surface area contributed by atoms with Gasteiger partial charge >= 0.3 is 81.0 Å². The molecule has 0 bridgehead atoms. The maximum atomic E-state index is 2.33. The van der Waals surface area contributed by atoms with Gasteiger partial charge in [-0.1, -0.05) is 0 Å². The molecule has 2 heterocycles. The fourth-order valence-electron chi connectivity index (χ4n) is 1.28. The zero-order chi connectivity index (χ0) is 8.23. The van der Waals surface area contributed by atoms with Crippen LogP contribution in [0.25, 0.3) is 0 Å². The minimum absolute atomic E-state index is 0.678. The van der Waals surface area contributed by atoms with Crippen molar-refractivity contribution < 1.29 is 0 Å². The van der Waals surface area contributed by atoms with Crippen LogP contribution in [0, 0.1) is 0 Å². The Balaban J connectivity index is 1.87. The summed E-state index contributed by atoms with van der Waals surface area (Å²) in [6.07, 6.45) is 0. The van der Waals surface area contributed by atoms with E-state index < -0.39 is 0 Å². The van der Waals surface area contributed by atoms with Gasteiger partial charge in [0.1, 0.15) is 0 Å². The third-order valence-corrected chi connectivity index (χ3v) is 2.08. The molecule has 2 aliphatic heterocycles. The molecule has 0 unspecified atom stereocenters. The molecule has 2 atom stereocenters. The fraction of sp³-hybridized carbons (Fsp3) is 1.00. The van der Waals surface area contributed by atoms with Gasteiger partial charge in [0.05, 0.1) is 0 Å². The van der Waals surface area contributed by atoms with Crippen molar-refractivity contribution in [3.05, 3.63) is 0 Å². The predicted molar refractivity (Wildman–Crippen MR) is 65.0 cm³/mol. The molecule has 12 heavy (non-hydrogen) atoms. The molecule has 40 valence electrons. The molecule has 0 aliphatic carbocycles. The minimum atomic E-state index is 0.678. The topological polar surface area (TPSA) is 0 Å². The van der Waals surface area contributed by atoms with Crippen molar-refractivity contribution in [2.75, 3.05) is 0 Å². The summed E-state index contributed by atoms with van der Waals surface area (Å²) < 4.78 is 0. The van der Waals surface area contributed by atoms with Crippen LogP contribution in [0.5, 0.6) is 0 Å². The zero-order valence-corrected chi connectivity index (χ0v) is 6.93. The van der Waals surface area contributed by atoms with Gasteiger partial charge in [0.25, 0.3) is 0 Å². The standard InChI is InChI=1S/C2H2B10/c3-1-2(3)5-7-9-11-12-10-8-6-4-1/h1-2H/t1-,2+. The van der Waals surface area contributed by atoms with E-state index in [1.165, 1.54) is 0 Å². The summed E-state index contributed by atoms with van der Waals surface area (Å²) in [6.45, 7) is 8.71. The van der Waals surface area contributed by atoms with Crippen molar-refractivity contribution in [2.45, 2.75) is 11.4 Å². The van der Waals surface area contributed by atoms with Gasteiger partial charge in [-0.05, 0) is 0 Å². The van der Waals surface area contributed by atoms with Gasteiger partial charge in [-0.3, -0.25) is 0 Å². The van der Waals surface area contributed by atoms with Gasteiger partial charge in [-0.2, -0.15) is 0 Å². The Hall–Kier alpha value is 0.649. The van der Waals surface area contributed by atoms with Crippen LogP contribution in [0.15, 0.2) is 0 Å². The van der Waals surface area contributed by atoms with Crippen LogP contribution in [0.2, 0.25) is 11.4 Å². The predicted octanol–water partition coefficient (Wildman–Crippen LogP) is -3.13. The molecule has 2 aliphatic rings. The quantitative estimate of drug-likeness (QED) is 0.307. The van der Waals surface area contributed by atoms with Crippen molar-refractivity contribution >= 4 is 69.6 Å². The Morgan fingerprint density at radius 2 is 1.08 bits per heavy atom. The summed E-state index contributed by atoms with van der Waals surface area (Å²) >= 11 is 0. The summed E-state index contributed by atoms with van der Waals surface area (Å²) in [4.78, 5) is 0. The van der Waals surface area contributed by atoms with Gasteiger partial charge in [-0.15, -0.1) is 0 Å². The molecular weight excluding hydrogens is 132 g/mol. The van der Waals surface area contributed by atoms with Crippen LogP contribution in [0.4, 0.5) is 0 Å². The Kier molecular flexibility index (Phi) is 3.66. The van der Waals surface area contributed by atoms with Crippen molar-refractivity contribution in [3.8, 4) is 0 Å². The van der Waals surface area contributed by atoms with Crippen LogP contribution < -0.4 is 0 Å². The molecule has 0 amide bonds. The van der Waals surface area contributed by atoms with E-state index in [9.17, 15) is 0 Å². The first-order valence-electron chi connectivity index (χ1n) is 4.33. The molecule has 0 aromatic heterocycles. The second-order valence-electron chi connectivity index (χ2n) is 3.08. The van der Waals surface area contributed by atoms with Gasteiger partial charge in [0, 0.05) is 0 Å². The van der Waals surface area contributed by atoms with E-state index in [0.29, 0.717) is 11.4 Å². The summed E-state index contributed by atoms with van der Waals surface area (Å²) in [5, 5.41) is 0. The zero-order valence-electron chi connectivity index (χ0n) is 6.93. The average Bonchev–Trinajstić information content (AvgIpc) is 2.78. The summed E-state index contributed by atoms with van der Waals surface area (Å²) in [5.74, 6) is 0. The molecule has 0 aromatic carbocycles. The van der Waals surface area contributed by atoms with E-state index in [1.807, 2.05) is 21.2 Å². The molecule has 6 radical (unpaired) electrons. The average molecular weight is 134 g/mol. The molecule has 0 spiro atoms. The molecular formula is C2H2B10. The summed E-state index contributed by atoms with van der Waals surface area (Å²) in [5.41, 5.74) is 1.36. The third kappa shape index (κ3) is 2.85. The second kappa shape index (κ2) is 4.77. The van der Waals surface area contributed by atoms with Crippen LogP contribution in [-0.2, 0) is 0 Å².